The van der Waals surface area contributed by atoms with Crippen molar-refractivity contribution in [2.24, 2.45) is 0 Å². The summed E-state index contributed by atoms with van der Waals surface area (Å²) in [7, 11) is 3.16. The van der Waals surface area contributed by atoms with Crippen LogP contribution >= 0.6 is 11.3 Å². The lowest BCUT2D eigenvalue weighted by Crippen LogP contribution is -2.07. The van der Waals surface area contributed by atoms with Gasteiger partial charge in [-0.1, -0.05) is 37.2 Å². The van der Waals surface area contributed by atoms with Gasteiger partial charge in [0, 0.05) is 12.5 Å². The number of carbonyl (C=O) groups excluding carboxylic acids is 1. The fraction of sp³-hybridized carbons (Fsp3) is 0.389. The van der Waals surface area contributed by atoms with E-state index in [0.717, 1.165) is 23.4 Å². The number of nitrogens with one attached hydrogen (secondary N) is 1. The number of rotatable bonds is 9. The van der Waals surface area contributed by atoms with E-state index >= 15 is 0 Å². The van der Waals surface area contributed by atoms with Crippen molar-refractivity contribution >= 4 is 28.5 Å². The molecule has 25 heavy (non-hydrogen) atoms. The fourth-order valence-corrected chi connectivity index (χ4v) is 2.99. The van der Waals surface area contributed by atoms with E-state index in [1.807, 2.05) is 6.07 Å². The maximum absolute atomic E-state index is 12.0. The summed E-state index contributed by atoms with van der Waals surface area (Å²) in [6.07, 6.45) is 7.51. The highest BCUT2D eigenvalue weighted by Gasteiger charge is 2.07. The Kier molecular flexibility index (Phi) is 7.40. The molecule has 0 aliphatic rings. The average molecular weight is 361 g/mol. The summed E-state index contributed by atoms with van der Waals surface area (Å²) in [6, 6.07) is 5.45. The molecule has 0 bridgehead atoms. The molecule has 2 rings (SSSR count). The number of aromatic nitrogens is 2. The number of aryl methyl sites for hydroxylation is 1. The van der Waals surface area contributed by atoms with Crippen LogP contribution in [-0.2, 0) is 11.2 Å². The molecule has 0 saturated carbocycles. The number of methoxy groups -OCH3 is 2. The number of carbonyl (C=O) groups is 1. The van der Waals surface area contributed by atoms with Gasteiger partial charge in [-0.25, -0.2) is 0 Å². The highest BCUT2D eigenvalue weighted by atomic mass is 32.1. The molecule has 2 aromatic rings. The summed E-state index contributed by atoms with van der Waals surface area (Å²) < 4.78 is 10.4. The Morgan fingerprint density at radius 1 is 1.20 bits per heavy atom. The molecule has 134 valence electrons. The number of ether oxygens (including phenoxy) is 2. The number of hydrogen-bond donors (Lipinski definition) is 1. The SMILES string of the molecule is CCCCCc1nnc(NC(=O)/C=C/c2ccc(OC)c(OC)c2)s1. The molecule has 0 atom stereocenters. The van der Waals surface area contributed by atoms with Crippen molar-refractivity contribution in [3.63, 3.8) is 0 Å². The Morgan fingerprint density at radius 2 is 2.00 bits per heavy atom. The second kappa shape index (κ2) is 9.78. The second-order valence-corrected chi connectivity index (χ2v) is 6.46. The number of benzene rings is 1. The predicted molar refractivity (Wildman–Crippen MR) is 100 cm³/mol. The molecule has 1 aromatic heterocycles. The van der Waals surface area contributed by atoms with E-state index in [-0.39, 0.29) is 5.91 Å². The molecule has 6 nitrogen and oxygen atoms in total. The van der Waals surface area contributed by atoms with Crippen molar-refractivity contribution in [2.45, 2.75) is 32.6 Å². The summed E-state index contributed by atoms with van der Waals surface area (Å²) in [4.78, 5) is 12.0. The van der Waals surface area contributed by atoms with E-state index in [1.54, 1.807) is 32.4 Å². The van der Waals surface area contributed by atoms with Gasteiger partial charge in [-0.15, -0.1) is 10.2 Å². The van der Waals surface area contributed by atoms with Crippen molar-refractivity contribution < 1.29 is 14.3 Å². The van der Waals surface area contributed by atoms with Gasteiger partial charge >= 0.3 is 0 Å². The summed E-state index contributed by atoms with van der Waals surface area (Å²) in [5.41, 5.74) is 0.838. The summed E-state index contributed by atoms with van der Waals surface area (Å²) in [6.45, 7) is 2.16. The molecule has 7 heteroatoms. The first-order valence-corrected chi connectivity index (χ1v) is 9.01. The Balaban J connectivity index is 1.92. The molecule has 0 unspecified atom stereocenters. The minimum Gasteiger partial charge on any atom is -0.493 e. The van der Waals surface area contributed by atoms with Crippen LogP contribution in [0.4, 0.5) is 5.13 Å². The highest BCUT2D eigenvalue weighted by molar-refractivity contribution is 7.15. The molecule has 0 aliphatic carbocycles. The monoisotopic (exact) mass is 361 g/mol. The fourth-order valence-electron chi connectivity index (χ4n) is 2.21. The average Bonchev–Trinajstić information content (AvgIpc) is 3.07. The van der Waals surface area contributed by atoms with Gasteiger partial charge in [0.25, 0.3) is 0 Å². The third kappa shape index (κ3) is 5.86. The molecule has 0 radical (unpaired) electrons. The molecule has 0 spiro atoms. The minimum atomic E-state index is -0.244. The van der Waals surface area contributed by atoms with Gasteiger partial charge in [-0.05, 0) is 30.2 Å². The topological polar surface area (TPSA) is 73.3 Å². The molecule has 0 aliphatic heterocycles. The van der Waals surface area contributed by atoms with Crippen molar-refractivity contribution in [1.29, 1.82) is 0 Å². The zero-order valence-corrected chi connectivity index (χ0v) is 15.6. The number of hydrogen-bond acceptors (Lipinski definition) is 6. The van der Waals surface area contributed by atoms with E-state index in [9.17, 15) is 4.79 Å². The molecular weight excluding hydrogens is 338 g/mol. The van der Waals surface area contributed by atoms with E-state index in [4.69, 9.17) is 9.47 Å². The lowest BCUT2D eigenvalue weighted by atomic mass is 10.2. The number of anilines is 1. The molecular formula is C18H23N3O3S. The van der Waals surface area contributed by atoms with Crippen LogP contribution in [-0.4, -0.2) is 30.3 Å². The number of nitrogens with zero attached hydrogens (tertiary/aromatic N) is 2. The summed E-state index contributed by atoms with van der Waals surface area (Å²) in [5, 5.41) is 12.3. The van der Waals surface area contributed by atoms with Gasteiger partial charge in [0.1, 0.15) is 5.01 Å². The number of amides is 1. The third-order valence-corrected chi connectivity index (χ3v) is 4.42. The zero-order valence-electron chi connectivity index (χ0n) is 14.7. The van der Waals surface area contributed by atoms with Crippen molar-refractivity contribution in [3.8, 4) is 11.5 Å². The van der Waals surface area contributed by atoms with Crippen molar-refractivity contribution in [3.05, 3.63) is 34.8 Å². The Labute approximate surface area is 151 Å². The van der Waals surface area contributed by atoms with Crippen molar-refractivity contribution in [2.75, 3.05) is 19.5 Å². The first-order valence-electron chi connectivity index (χ1n) is 8.19. The molecule has 0 fully saturated rings. The maximum atomic E-state index is 12.0. The van der Waals surface area contributed by atoms with E-state index < -0.39 is 0 Å². The van der Waals surface area contributed by atoms with E-state index in [2.05, 4.69) is 22.4 Å². The van der Waals surface area contributed by atoms with Crippen molar-refractivity contribution in [1.82, 2.24) is 10.2 Å². The van der Waals surface area contributed by atoms with Crippen LogP contribution < -0.4 is 14.8 Å². The minimum absolute atomic E-state index is 0.244. The lowest BCUT2D eigenvalue weighted by Gasteiger charge is -2.07. The van der Waals surface area contributed by atoms with Gasteiger partial charge in [0.15, 0.2) is 11.5 Å². The Hall–Kier alpha value is -2.41. The Bertz CT molecular complexity index is 728. The molecule has 1 heterocycles. The first-order chi connectivity index (χ1) is 12.2. The van der Waals surface area contributed by atoms with Crippen LogP contribution in [0, 0.1) is 0 Å². The zero-order chi connectivity index (χ0) is 18.1. The van der Waals surface area contributed by atoms with Crippen LogP contribution in [0.25, 0.3) is 6.08 Å². The Morgan fingerprint density at radius 3 is 2.72 bits per heavy atom. The molecule has 1 aromatic carbocycles. The molecule has 1 amide bonds. The maximum Gasteiger partial charge on any atom is 0.250 e. The van der Waals surface area contributed by atoms with Crippen LogP contribution in [0.1, 0.15) is 36.8 Å². The van der Waals surface area contributed by atoms with Gasteiger partial charge in [0.2, 0.25) is 11.0 Å². The largest absolute Gasteiger partial charge is 0.493 e. The van der Waals surface area contributed by atoms with Gasteiger partial charge in [0.05, 0.1) is 14.2 Å². The second-order valence-electron chi connectivity index (χ2n) is 5.40. The quantitative estimate of drug-likeness (QED) is 0.541. The van der Waals surface area contributed by atoms with Crippen LogP contribution in [0.2, 0.25) is 0 Å². The summed E-state index contributed by atoms with van der Waals surface area (Å²) >= 11 is 1.42. The normalized spacial score (nSPS) is 10.8. The molecule has 0 saturated heterocycles. The predicted octanol–water partition coefficient (Wildman–Crippen LogP) is 3.94. The standard InChI is InChI=1S/C18H23N3O3S/c1-4-5-6-7-17-20-21-18(25-17)19-16(22)11-9-13-8-10-14(23-2)15(12-13)24-3/h8-12H,4-7H2,1-3H3,(H,19,21,22)/b11-9+. The number of unbranched alkanes of at least 4 members (excludes halogenated alkanes) is 2. The van der Waals surface area contributed by atoms with Crippen LogP contribution in [0.3, 0.4) is 0 Å². The third-order valence-electron chi connectivity index (χ3n) is 3.53. The first kappa shape index (κ1) is 18.9. The van der Waals surface area contributed by atoms with E-state index in [0.29, 0.717) is 16.6 Å². The van der Waals surface area contributed by atoms with Crippen LogP contribution in [0.15, 0.2) is 24.3 Å². The smallest absolute Gasteiger partial charge is 0.250 e. The van der Waals surface area contributed by atoms with Gasteiger partial charge in [-0.2, -0.15) is 0 Å². The van der Waals surface area contributed by atoms with E-state index in [1.165, 1.54) is 30.3 Å². The lowest BCUT2D eigenvalue weighted by molar-refractivity contribution is -0.111. The van der Waals surface area contributed by atoms with Crippen LogP contribution in [0.5, 0.6) is 11.5 Å². The van der Waals surface area contributed by atoms with Gasteiger partial charge in [-0.3, -0.25) is 10.1 Å². The highest BCUT2D eigenvalue weighted by Crippen LogP contribution is 2.28. The van der Waals surface area contributed by atoms with Gasteiger partial charge < -0.3 is 9.47 Å². The summed E-state index contributed by atoms with van der Waals surface area (Å²) in [5.74, 6) is 1.02. The molecule has 1 N–H and O–H groups in total.